The van der Waals surface area contributed by atoms with E-state index < -0.39 is 11.6 Å². The molecule has 0 aliphatic carbocycles. The maximum atomic E-state index is 13.3. The Morgan fingerprint density at radius 1 is 1.15 bits per heavy atom. The van der Waals surface area contributed by atoms with Crippen LogP contribution in [0.3, 0.4) is 0 Å². The van der Waals surface area contributed by atoms with Crippen LogP contribution in [0.1, 0.15) is 16.5 Å². The number of carbonyl (C=O) groups is 1. The Labute approximate surface area is 154 Å². The third-order valence-corrected chi connectivity index (χ3v) is 5.47. The number of hydrogen-bond acceptors (Lipinski definition) is 3. The van der Waals surface area contributed by atoms with Crippen molar-refractivity contribution in [1.82, 2.24) is 9.80 Å². The van der Waals surface area contributed by atoms with E-state index in [0.717, 1.165) is 23.4 Å². The number of likely N-dealkylation sites (N-methyl/N-ethyl adjacent to an activating group) is 1. The Balaban J connectivity index is 1.62. The Kier molecular flexibility index (Phi) is 5.88. The van der Waals surface area contributed by atoms with Crippen molar-refractivity contribution >= 4 is 17.7 Å². The third kappa shape index (κ3) is 4.40. The number of benzene rings is 2. The second-order valence-corrected chi connectivity index (χ2v) is 7.47. The summed E-state index contributed by atoms with van der Waals surface area (Å²) in [5.74, 6) is -1.31. The number of nitrogens with zero attached hydrogens (tertiary/aromatic N) is 2. The smallest absolute Gasteiger partial charge is 0.237 e. The van der Waals surface area contributed by atoms with Crippen molar-refractivity contribution in [3.8, 4) is 0 Å². The molecule has 0 spiro atoms. The summed E-state index contributed by atoms with van der Waals surface area (Å²) in [6, 6.07) is 9.92. The topological polar surface area (TPSA) is 23.6 Å². The summed E-state index contributed by atoms with van der Waals surface area (Å²) in [6.45, 7) is 1.13. The highest BCUT2D eigenvalue weighted by Gasteiger charge is 2.30. The van der Waals surface area contributed by atoms with Crippen molar-refractivity contribution < 1.29 is 18.0 Å². The van der Waals surface area contributed by atoms with Crippen molar-refractivity contribution in [2.45, 2.75) is 11.9 Å². The molecule has 0 N–H and O–H groups in total. The van der Waals surface area contributed by atoms with Crippen LogP contribution in [0.4, 0.5) is 13.2 Å². The van der Waals surface area contributed by atoms with Gasteiger partial charge in [0.1, 0.15) is 11.2 Å². The van der Waals surface area contributed by atoms with E-state index >= 15 is 0 Å². The molecular weight excluding hydrogens is 361 g/mol. The normalized spacial score (nSPS) is 17.1. The van der Waals surface area contributed by atoms with E-state index in [1.54, 1.807) is 40.7 Å². The monoisotopic (exact) mass is 380 g/mol. The number of rotatable bonds is 5. The first-order chi connectivity index (χ1) is 12.4. The fourth-order valence-electron chi connectivity index (χ4n) is 2.96. The zero-order valence-electron chi connectivity index (χ0n) is 14.3. The molecule has 3 nitrogen and oxygen atoms in total. The van der Waals surface area contributed by atoms with Crippen molar-refractivity contribution in [3.05, 3.63) is 71.0 Å². The van der Waals surface area contributed by atoms with Gasteiger partial charge in [-0.1, -0.05) is 18.2 Å². The zero-order valence-corrected chi connectivity index (χ0v) is 15.1. The maximum Gasteiger partial charge on any atom is 0.237 e. The summed E-state index contributed by atoms with van der Waals surface area (Å²) >= 11 is 1.65. The molecule has 3 rings (SSSR count). The third-order valence-electron chi connectivity index (χ3n) is 4.21. The van der Waals surface area contributed by atoms with E-state index in [9.17, 15) is 18.0 Å². The predicted octanol–water partition coefficient (Wildman–Crippen LogP) is 3.81. The van der Waals surface area contributed by atoms with Crippen LogP contribution in [0, 0.1) is 17.5 Å². The quantitative estimate of drug-likeness (QED) is 0.788. The van der Waals surface area contributed by atoms with E-state index in [1.165, 1.54) is 18.2 Å². The molecule has 0 radical (unpaired) electrons. The fraction of sp³-hybridized carbons (Fsp3) is 0.316. The SMILES string of the molecule is CN(CC(=O)N1CCSC1c1ccc(F)cc1)Cc1ccc(F)c(F)c1. The van der Waals surface area contributed by atoms with E-state index in [1.807, 2.05) is 0 Å². The largest absolute Gasteiger partial charge is 0.325 e. The lowest BCUT2D eigenvalue weighted by Crippen LogP contribution is -2.38. The van der Waals surface area contributed by atoms with Gasteiger partial charge in [-0.05, 0) is 42.4 Å². The predicted molar refractivity (Wildman–Crippen MR) is 96.0 cm³/mol. The summed E-state index contributed by atoms with van der Waals surface area (Å²) < 4.78 is 39.4. The second kappa shape index (κ2) is 8.14. The van der Waals surface area contributed by atoms with E-state index in [4.69, 9.17) is 0 Å². The molecule has 7 heteroatoms. The van der Waals surface area contributed by atoms with Gasteiger partial charge in [0.2, 0.25) is 5.91 Å². The van der Waals surface area contributed by atoms with Crippen molar-refractivity contribution in [1.29, 1.82) is 0 Å². The summed E-state index contributed by atoms with van der Waals surface area (Å²) in [7, 11) is 1.76. The minimum atomic E-state index is -0.894. The van der Waals surface area contributed by atoms with Gasteiger partial charge in [0, 0.05) is 18.8 Å². The van der Waals surface area contributed by atoms with Crippen LogP contribution in [-0.4, -0.2) is 41.6 Å². The summed E-state index contributed by atoms with van der Waals surface area (Å²) in [4.78, 5) is 16.2. The first-order valence-corrected chi connectivity index (χ1v) is 9.28. The number of thioether (sulfide) groups is 1. The molecule has 1 amide bonds. The van der Waals surface area contributed by atoms with Crippen LogP contribution in [0.15, 0.2) is 42.5 Å². The second-order valence-electron chi connectivity index (χ2n) is 6.28. The lowest BCUT2D eigenvalue weighted by atomic mass is 10.2. The van der Waals surface area contributed by atoms with Gasteiger partial charge in [0.15, 0.2) is 11.6 Å². The average Bonchev–Trinajstić information content (AvgIpc) is 3.08. The molecule has 1 aliphatic rings. The van der Waals surface area contributed by atoms with Crippen molar-refractivity contribution in [2.75, 3.05) is 25.9 Å². The van der Waals surface area contributed by atoms with Crippen LogP contribution in [-0.2, 0) is 11.3 Å². The van der Waals surface area contributed by atoms with Gasteiger partial charge in [-0.15, -0.1) is 11.8 Å². The summed E-state index contributed by atoms with van der Waals surface area (Å²) in [6.07, 6.45) is 0. The Morgan fingerprint density at radius 3 is 2.58 bits per heavy atom. The molecular formula is C19H19F3N2OS. The van der Waals surface area contributed by atoms with Crippen LogP contribution < -0.4 is 0 Å². The van der Waals surface area contributed by atoms with E-state index in [-0.39, 0.29) is 23.6 Å². The fourth-order valence-corrected chi connectivity index (χ4v) is 4.23. The molecule has 1 heterocycles. The summed E-state index contributed by atoms with van der Waals surface area (Å²) in [5.41, 5.74) is 1.50. The van der Waals surface area contributed by atoms with Gasteiger partial charge in [0.05, 0.1) is 6.54 Å². The minimum Gasteiger partial charge on any atom is -0.325 e. The molecule has 2 aromatic carbocycles. The average molecular weight is 380 g/mol. The first kappa shape index (κ1) is 18.8. The highest BCUT2D eigenvalue weighted by atomic mass is 32.2. The molecule has 138 valence electrons. The first-order valence-electron chi connectivity index (χ1n) is 8.23. The molecule has 1 atom stereocenters. The van der Waals surface area contributed by atoms with Gasteiger partial charge in [-0.3, -0.25) is 9.69 Å². The van der Waals surface area contributed by atoms with Crippen LogP contribution in [0.2, 0.25) is 0 Å². The molecule has 0 aromatic heterocycles. The lowest BCUT2D eigenvalue weighted by molar-refractivity contribution is -0.132. The molecule has 0 saturated carbocycles. The van der Waals surface area contributed by atoms with Crippen molar-refractivity contribution in [3.63, 3.8) is 0 Å². The number of halogens is 3. The van der Waals surface area contributed by atoms with Crippen LogP contribution >= 0.6 is 11.8 Å². The zero-order chi connectivity index (χ0) is 18.7. The number of carbonyl (C=O) groups excluding carboxylic acids is 1. The van der Waals surface area contributed by atoms with Crippen LogP contribution in [0.25, 0.3) is 0 Å². The van der Waals surface area contributed by atoms with E-state index in [2.05, 4.69) is 0 Å². The highest BCUT2D eigenvalue weighted by molar-refractivity contribution is 7.99. The lowest BCUT2D eigenvalue weighted by Gasteiger charge is -2.26. The Bertz CT molecular complexity index is 785. The number of hydrogen-bond donors (Lipinski definition) is 0. The molecule has 0 bridgehead atoms. The van der Waals surface area contributed by atoms with Gasteiger partial charge in [0.25, 0.3) is 0 Å². The molecule has 1 saturated heterocycles. The Morgan fingerprint density at radius 2 is 1.88 bits per heavy atom. The van der Waals surface area contributed by atoms with Crippen LogP contribution in [0.5, 0.6) is 0 Å². The number of amides is 1. The van der Waals surface area contributed by atoms with Gasteiger partial charge < -0.3 is 4.90 Å². The molecule has 1 unspecified atom stereocenters. The van der Waals surface area contributed by atoms with Gasteiger partial charge >= 0.3 is 0 Å². The Hall–Kier alpha value is -1.99. The van der Waals surface area contributed by atoms with Crippen molar-refractivity contribution in [2.24, 2.45) is 0 Å². The molecule has 26 heavy (non-hydrogen) atoms. The van der Waals surface area contributed by atoms with Gasteiger partial charge in [-0.25, -0.2) is 13.2 Å². The maximum absolute atomic E-state index is 13.3. The standard InChI is InChI=1S/C19H19F3N2OS/c1-23(11-13-2-7-16(21)17(22)10-13)12-18(25)24-8-9-26-19(24)14-3-5-15(20)6-4-14/h2-7,10,19H,8-9,11-12H2,1H3. The highest BCUT2D eigenvalue weighted by Crippen LogP contribution is 2.37. The summed E-state index contributed by atoms with van der Waals surface area (Å²) in [5, 5.41) is -0.125. The molecule has 1 fully saturated rings. The molecule has 2 aromatic rings. The van der Waals surface area contributed by atoms with E-state index in [0.29, 0.717) is 18.7 Å². The van der Waals surface area contributed by atoms with Gasteiger partial charge in [-0.2, -0.15) is 0 Å². The minimum absolute atomic E-state index is 0.0468. The molecule has 1 aliphatic heterocycles.